The molecule has 2 rings (SSSR count). The fourth-order valence-corrected chi connectivity index (χ4v) is 2.06. The largest absolute Gasteiger partial charge is 0.525 e. The molecule has 0 radical (unpaired) electrons. The zero-order valence-corrected chi connectivity index (χ0v) is 6.64. The van der Waals surface area contributed by atoms with E-state index in [0.29, 0.717) is 6.42 Å². The van der Waals surface area contributed by atoms with E-state index in [-0.39, 0.29) is 12.3 Å². The first-order valence-corrected chi connectivity index (χ1v) is 4.03. The Labute approximate surface area is 72.4 Å². The van der Waals surface area contributed by atoms with E-state index in [2.05, 4.69) is 4.74 Å². The molecule has 1 saturated carbocycles. The minimum Gasteiger partial charge on any atom is -0.254 e. The van der Waals surface area contributed by atoms with Gasteiger partial charge < -0.3 is 0 Å². The molecule has 0 aromatic heterocycles. The summed E-state index contributed by atoms with van der Waals surface area (Å²) in [4.78, 5) is 0. The molecule has 13 heavy (non-hydrogen) atoms. The van der Waals surface area contributed by atoms with Gasteiger partial charge in [-0.1, -0.05) is 12.2 Å². The van der Waals surface area contributed by atoms with Crippen molar-refractivity contribution in [2.75, 3.05) is 0 Å². The van der Waals surface area contributed by atoms with Crippen molar-refractivity contribution in [2.24, 2.45) is 11.8 Å². The summed E-state index contributed by atoms with van der Waals surface area (Å²) in [5.74, 6) is -3.33. The van der Waals surface area contributed by atoms with Gasteiger partial charge in [0.05, 0.1) is 0 Å². The van der Waals surface area contributed by atoms with Crippen molar-refractivity contribution in [1.82, 2.24) is 0 Å². The van der Waals surface area contributed by atoms with E-state index in [4.69, 9.17) is 0 Å². The van der Waals surface area contributed by atoms with E-state index < -0.39 is 18.1 Å². The highest BCUT2D eigenvalue weighted by atomic mass is 19.4. The Hall–Kier alpha value is -0.580. The smallest absolute Gasteiger partial charge is 0.254 e. The van der Waals surface area contributed by atoms with Crippen molar-refractivity contribution in [3.05, 3.63) is 12.2 Å². The first kappa shape index (κ1) is 8.99. The minimum atomic E-state index is -4.88. The molecule has 0 aromatic carbocycles. The molecule has 0 spiro atoms. The number of hydrogen-bond donors (Lipinski definition) is 0. The lowest BCUT2D eigenvalue weighted by Crippen LogP contribution is -2.37. The van der Waals surface area contributed by atoms with Gasteiger partial charge in [-0.05, 0) is 12.3 Å². The molecule has 0 heterocycles. The quantitative estimate of drug-likeness (QED) is 0.462. The predicted octanol–water partition coefficient (Wildman–Crippen LogP) is 2.78. The van der Waals surface area contributed by atoms with Gasteiger partial charge in [-0.25, -0.2) is 4.39 Å². The molecule has 74 valence electrons. The van der Waals surface area contributed by atoms with Crippen LogP contribution in [0.1, 0.15) is 12.8 Å². The maximum atomic E-state index is 13.5. The SMILES string of the molecule is FC(F)(F)OC1(F)CC2C=CC1C2. The first-order chi connectivity index (χ1) is 5.89. The molecule has 2 aliphatic rings. The van der Waals surface area contributed by atoms with Crippen LogP contribution in [0.15, 0.2) is 12.2 Å². The molecule has 0 aromatic rings. The summed E-state index contributed by atoms with van der Waals surface area (Å²) in [5, 5.41) is 0. The molecule has 2 aliphatic carbocycles. The van der Waals surface area contributed by atoms with E-state index in [1.54, 1.807) is 6.08 Å². The molecule has 0 saturated heterocycles. The van der Waals surface area contributed by atoms with Crippen LogP contribution in [0, 0.1) is 11.8 Å². The third-order valence-electron chi connectivity index (χ3n) is 2.55. The molecule has 3 atom stereocenters. The Bertz CT molecular complexity index is 247. The summed E-state index contributed by atoms with van der Waals surface area (Å²) < 4.78 is 52.4. The average molecular weight is 196 g/mol. The second-order valence-corrected chi connectivity index (χ2v) is 3.53. The van der Waals surface area contributed by atoms with E-state index in [9.17, 15) is 17.6 Å². The Morgan fingerprint density at radius 2 is 2.00 bits per heavy atom. The van der Waals surface area contributed by atoms with Crippen LogP contribution < -0.4 is 0 Å². The topological polar surface area (TPSA) is 9.23 Å². The lowest BCUT2D eigenvalue weighted by molar-refractivity contribution is -0.397. The number of ether oxygens (including phenoxy) is 1. The van der Waals surface area contributed by atoms with E-state index in [1.165, 1.54) is 6.08 Å². The summed E-state index contributed by atoms with van der Waals surface area (Å²) in [5.41, 5.74) is 0. The maximum Gasteiger partial charge on any atom is 0.525 e. The van der Waals surface area contributed by atoms with Crippen molar-refractivity contribution in [3.63, 3.8) is 0 Å². The van der Waals surface area contributed by atoms with Gasteiger partial charge in [0.25, 0.3) is 0 Å². The average Bonchev–Trinajstić information content (AvgIpc) is 2.39. The normalized spacial score (nSPS) is 43.1. The number of halogens is 4. The minimum absolute atomic E-state index is 0.0858. The standard InChI is InChI=1S/C8H8F4O/c9-7(13-8(10,11)12)4-5-1-2-6(7)3-5/h1-2,5-6H,3-4H2. The van der Waals surface area contributed by atoms with Crippen molar-refractivity contribution in [1.29, 1.82) is 0 Å². The number of rotatable bonds is 1. The van der Waals surface area contributed by atoms with Crippen LogP contribution >= 0.6 is 0 Å². The van der Waals surface area contributed by atoms with Gasteiger partial charge >= 0.3 is 6.36 Å². The summed E-state index contributed by atoms with van der Waals surface area (Å²) in [7, 11) is 0. The Kier molecular flexibility index (Phi) is 1.71. The molecule has 1 fully saturated rings. The van der Waals surface area contributed by atoms with Crippen LogP contribution in [0.4, 0.5) is 17.6 Å². The maximum absolute atomic E-state index is 13.5. The fraction of sp³-hybridized carbons (Fsp3) is 0.750. The van der Waals surface area contributed by atoms with Crippen LogP contribution in [0.3, 0.4) is 0 Å². The highest BCUT2D eigenvalue weighted by molar-refractivity contribution is 5.14. The van der Waals surface area contributed by atoms with Gasteiger partial charge in [-0.15, -0.1) is 13.2 Å². The number of fused-ring (bicyclic) bond motifs is 2. The van der Waals surface area contributed by atoms with Crippen LogP contribution in [0.25, 0.3) is 0 Å². The van der Waals surface area contributed by atoms with Crippen molar-refractivity contribution in [2.45, 2.75) is 25.1 Å². The third-order valence-corrected chi connectivity index (χ3v) is 2.55. The zero-order valence-electron chi connectivity index (χ0n) is 6.64. The Balaban J connectivity index is 2.10. The van der Waals surface area contributed by atoms with Gasteiger partial charge in [0.2, 0.25) is 5.85 Å². The number of hydrogen-bond acceptors (Lipinski definition) is 1. The fourth-order valence-electron chi connectivity index (χ4n) is 2.06. The summed E-state index contributed by atoms with van der Waals surface area (Å²) in [6.45, 7) is 0. The molecular formula is C8H8F4O. The molecule has 5 heteroatoms. The molecule has 0 N–H and O–H groups in total. The lowest BCUT2D eigenvalue weighted by atomic mass is 10.0. The zero-order chi connectivity index (χ0) is 9.69. The molecule has 3 unspecified atom stereocenters. The number of alkyl halides is 4. The second-order valence-electron chi connectivity index (χ2n) is 3.53. The molecule has 0 amide bonds. The highest BCUT2D eigenvalue weighted by Gasteiger charge is 2.55. The molecular weight excluding hydrogens is 188 g/mol. The van der Waals surface area contributed by atoms with Crippen LogP contribution in [0.2, 0.25) is 0 Å². The summed E-state index contributed by atoms with van der Waals surface area (Å²) in [6.07, 6.45) is -1.39. The third kappa shape index (κ3) is 1.57. The van der Waals surface area contributed by atoms with E-state index in [0.717, 1.165) is 0 Å². The number of allylic oxidation sites excluding steroid dienone is 1. The van der Waals surface area contributed by atoms with Crippen LogP contribution in [0.5, 0.6) is 0 Å². The van der Waals surface area contributed by atoms with Crippen molar-refractivity contribution < 1.29 is 22.3 Å². The molecule has 2 bridgehead atoms. The van der Waals surface area contributed by atoms with E-state index in [1.807, 2.05) is 0 Å². The van der Waals surface area contributed by atoms with Gasteiger partial charge in [-0.2, -0.15) is 0 Å². The monoisotopic (exact) mass is 196 g/mol. The van der Waals surface area contributed by atoms with Crippen molar-refractivity contribution >= 4 is 0 Å². The predicted molar refractivity (Wildman–Crippen MR) is 36.3 cm³/mol. The first-order valence-electron chi connectivity index (χ1n) is 4.03. The van der Waals surface area contributed by atoms with Gasteiger partial charge in [-0.3, -0.25) is 4.74 Å². The highest BCUT2D eigenvalue weighted by Crippen LogP contribution is 2.51. The van der Waals surface area contributed by atoms with E-state index >= 15 is 0 Å². The van der Waals surface area contributed by atoms with Gasteiger partial charge in [0.1, 0.15) is 0 Å². The summed E-state index contributed by atoms with van der Waals surface area (Å²) in [6, 6.07) is 0. The second kappa shape index (κ2) is 2.47. The molecule has 1 nitrogen and oxygen atoms in total. The molecule has 0 aliphatic heterocycles. The Morgan fingerprint density at radius 1 is 1.31 bits per heavy atom. The Morgan fingerprint density at radius 3 is 2.38 bits per heavy atom. The summed E-state index contributed by atoms with van der Waals surface area (Å²) >= 11 is 0. The van der Waals surface area contributed by atoms with Crippen molar-refractivity contribution in [3.8, 4) is 0 Å². The van der Waals surface area contributed by atoms with Crippen LogP contribution in [-0.4, -0.2) is 12.2 Å². The van der Waals surface area contributed by atoms with Gasteiger partial charge in [0, 0.05) is 12.3 Å². The van der Waals surface area contributed by atoms with Crippen LogP contribution in [-0.2, 0) is 4.74 Å². The van der Waals surface area contributed by atoms with Gasteiger partial charge in [0.15, 0.2) is 0 Å². The lowest BCUT2D eigenvalue weighted by Gasteiger charge is -2.27.